The summed E-state index contributed by atoms with van der Waals surface area (Å²) in [6, 6.07) is 7.49. The second-order valence-electron chi connectivity index (χ2n) is 5.74. The SMILES string of the molecule is CCC(CCO)c1ccc(C(=O)OC(C)(C)C)cc1. The van der Waals surface area contributed by atoms with Crippen LogP contribution in [0.15, 0.2) is 24.3 Å². The lowest BCUT2D eigenvalue weighted by atomic mass is 9.93. The van der Waals surface area contributed by atoms with Gasteiger partial charge in [0.05, 0.1) is 5.56 Å². The molecule has 1 aromatic rings. The van der Waals surface area contributed by atoms with Gasteiger partial charge < -0.3 is 9.84 Å². The van der Waals surface area contributed by atoms with Crippen LogP contribution in [-0.2, 0) is 4.74 Å². The first-order valence-corrected chi connectivity index (χ1v) is 6.81. The number of rotatable bonds is 5. The van der Waals surface area contributed by atoms with Crippen LogP contribution < -0.4 is 0 Å². The standard InChI is InChI=1S/C16H24O3/c1-5-12(10-11-17)13-6-8-14(9-7-13)15(18)19-16(2,3)4/h6-9,12,17H,5,10-11H2,1-4H3. The highest BCUT2D eigenvalue weighted by molar-refractivity contribution is 5.89. The highest BCUT2D eigenvalue weighted by Crippen LogP contribution is 2.23. The summed E-state index contributed by atoms with van der Waals surface area (Å²) in [4.78, 5) is 11.9. The van der Waals surface area contributed by atoms with Gasteiger partial charge in [-0.05, 0) is 57.2 Å². The second kappa shape index (κ2) is 6.71. The van der Waals surface area contributed by atoms with E-state index in [1.54, 1.807) is 12.1 Å². The molecule has 3 nitrogen and oxygen atoms in total. The van der Waals surface area contributed by atoms with E-state index in [1.807, 2.05) is 32.9 Å². The van der Waals surface area contributed by atoms with E-state index in [9.17, 15) is 4.79 Å². The lowest BCUT2D eigenvalue weighted by Gasteiger charge is -2.20. The van der Waals surface area contributed by atoms with Crippen LogP contribution in [0.1, 0.15) is 62.4 Å². The molecule has 0 aromatic heterocycles. The zero-order chi connectivity index (χ0) is 14.5. The number of carbonyl (C=O) groups is 1. The number of hydrogen-bond donors (Lipinski definition) is 1. The molecular weight excluding hydrogens is 240 g/mol. The fourth-order valence-electron chi connectivity index (χ4n) is 1.99. The first kappa shape index (κ1) is 15.7. The van der Waals surface area contributed by atoms with Crippen LogP contribution in [0.3, 0.4) is 0 Å². The number of hydrogen-bond acceptors (Lipinski definition) is 3. The van der Waals surface area contributed by atoms with Crippen molar-refractivity contribution in [3.05, 3.63) is 35.4 Å². The van der Waals surface area contributed by atoms with Crippen molar-refractivity contribution in [1.29, 1.82) is 0 Å². The molecule has 0 saturated carbocycles. The molecule has 0 heterocycles. The van der Waals surface area contributed by atoms with E-state index < -0.39 is 5.60 Å². The zero-order valence-corrected chi connectivity index (χ0v) is 12.3. The maximum atomic E-state index is 11.9. The van der Waals surface area contributed by atoms with Gasteiger partial charge in [-0.3, -0.25) is 0 Å². The van der Waals surface area contributed by atoms with E-state index in [2.05, 4.69) is 6.92 Å². The van der Waals surface area contributed by atoms with Crippen molar-refractivity contribution in [2.75, 3.05) is 6.61 Å². The Morgan fingerprint density at radius 1 is 1.26 bits per heavy atom. The molecule has 1 N–H and O–H groups in total. The van der Waals surface area contributed by atoms with Crippen molar-refractivity contribution >= 4 is 5.97 Å². The molecule has 1 aromatic carbocycles. The lowest BCUT2D eigenvalue weighted by molar-refractivity contribution is 0.00695. The van der Waals surface area contributed by atoms with Crippen molar-refractivity contribution in [1.82, 2.24) is 0 Å². The number of carbonyl (C=O) groups excluding carboxylic acids is 1. The van der Waals surface area contributed by atoms with Crippen LogP contribution in [0.2, 0.25) is 0 Å². The maximum Gasteiger partial charge on any atom is 0.338 e. The third-order valence-electron chi connectivity index (χ3n) is 2.99. The monoisotopic (exact) mass is 264 g/mol. The van der Waals surface area contributed by atoms with Crippen molar-refractivity contribution in [3.8, 4) is 0 Å². The van der Waals surface area contributed by atoms with Crippen LogP contribution >= 0.6 is 0 Å². The number of ether oxygens (including phenoxy) is 1. The summed E-state index contributed by atoms with van der Waals surface area (Å²) < 4.78 is 5.32. The minimum absolute atomic E-state index is 0.187. The first-order chi connectivity index (χ1) is 8.87. The highest BCUT2D eigenvalue weighted by Gasteiger charge is 2.18. The van der Waals surface area contributed by atoms with Crippen molar-refractivity contribution < 1.29 is 14.6 Å². The Balaban J connectivity index is 2.78. The second-order valence-corrected chi connectivity index (χ2v) is 5.74. The average molecular weight is 264 g/mol. The molecular formula is C16H24O3. The van der Waals surface area contributed by atoms with Crippen molar-refractivity contribution in [2.45, 2.75) is 52.1 Å². The Hall–Kier alpha value is -1.35. The topological polar surface area (TPSA) is 46.5 Å². The van der Waals surface area contributed by atoms with Gasteiger partial charge in [0, 0.05) is 6.61 Å². The predicted molar refractivity (Wildman–Crippen MR) is 76.3 cm³/mol. The van der Waals surface area contributed by atoms with Crippen molar-refractivity contribution in [2.24, 2.45) is 0 Å². The molecule has 1 atom stereocenters. The molecule has 1 rings (SSSR count). The van der Waals surface area contributed by atoms with E-state index in [0.717, 1.165) is 18.4 Å². The third-order valence-corrected chi connectivity index (χ3v) is 2.99. The Morgan fingerprint density at radius 2 is 1.84 bits per heavy atom. The summed E-state index contributed by atoms with van der Waals surface area (Å²) in [6.07, 6.45) is 1.73. The number of esters is 1. The fourth-order valence-corrected chi connectivity index (χ4v) is 1.99. The molecule has 0 aliphatic rings. The van der Waals surface area contributed by atoms with E-state index in [4.69, 9.17) is 9.84 Å². The molecule has 0 spiro atoms. The fraction of sp³-hybridized carbons (Fsp3) is 0.562. The number of aliphatic hydroxyl groups excluding tert-OH is 1. The Morgan fingerprint density at radius 3 is 2.26 bits per heavy atom. The normalized spacial score (nSPS) is 13.1. The molecule has 3 heteroatoms. The van der Waals surface area contributed by atoms with E-state index >= 15 is 0 Å². The van der Waals surface area contributed by atoms with Gasteiger partial charge in [-0.15, -0.1) is 0 Å². The van der Waals surface area contributed by atoms with Gasteiger partial charge in [-0.1, -0.05) is 19.1 Å². The molecule has 0 aliphatic heterocycles. The van der Waals surface area contributed by atoms with Gasteiger partial charge in [-0.25, -0.2) is 4.79 Å². The van der Waals surface area contributed by atoms with Crippen LogP contribution in [0, 0.1) is 0 Å². The minimum atomic E-state index is -0.474. The van der Waals surface area contributed by atoms with E-state index in [0.29, 0.717) is 11.5 Å². The highest BCUT2D eigenvalue weighted by atomic mass is 16.6. The maximum absolute atomic E-state index is 11.9. The molecule has 0 fully saturated rings. The molecule has 1 unspecified atom stereocenters. The van der Waals surface area contributed by atoms with Gasteiger partial charge >= 0.3 is 5.97 Å². The van der Waals surface area contributed by atoms with Crippen LogP contribution in [-0.4, -0.2) is 23.3 Å². The molecule has 0 radical (unpaired) electrons. The Labute approximate surface area is 115 Å². The molecule has 106 valence electrons. The number of benzene rings is 1. The van der Waals surface area contributed by atoms with Gasteiger partial charge in [-0.2, -0.15) is 0 Å². The molecule has 0 aliphatic carbocycles. The Bertz CT molecular complexity index is 401. The lowest BCUT2D eigenvalue weighted by Crippen LogP contribution is -2.23. The van der Waals surface area contributed by atoms with Gasteiger partial charge in [0.1, 0.15) is 5.60 Å². The third kappa shape index (κ3) is 5.03. The van der Waals surface area contributed by atoms with Gasteiger partial charge in [0.25, 0.3) is 0 Å². The van der Waals surface area contributed by atoms with E-state index in [1.165, 1.54) is 0 Å². The summed E-state index contributed by atoms with van der Waals surface area (Å²) in [5.41, 5.74) is 1.25. The summed E-state index contributed by atoms with van der Waals surface area (Å²) in [5, 5.41) is 9.03. The minimum Gasteiger partial charge on any atom is -0.456 e. The van der Waals surface area contributed by atoms with Crippen LogP contribution in [0.5, 0.6) is 0 Å². The summed E-state index contributed by atoms with van der Waals surface area (Å²) >= 11 is 0. The summed E-state index contributed by atoms with van der Waals surface area (Å²) in [5.74, 6) is 0.0481. The molecule has 19 heavy (non-hydrogen) atoms. The van der Waals surface area contributed by atoms with E-state index in [-0.39, 0.29) is 12.6 Å². The zero-order valence-electron chi connectivity index (χ0n) is 12.3. The summed E-state index contributed by atoms with van der Waals surface area (Å²) in [7, 11) is 0. The molecule has 0 amide bonds. The van der Waals surface area contributed by atoms with Crippen LogP contribution in [0.25, 0.3) is 0 Å². The Kier molecular flexibility index (Phi) is 5.55. The van der Waals surface area contributed by atoms with Crippen LogP contribution in [0.4, 0.5) is 0 Å². The smallest absolute Gasteiger partial charge is 0.338 e. The summed E-state index contributed by atoms with van der Waals surface area (Å²) in [6.45, 7) is 7.85. The first-order valence-electron chi connectivity index (χ1n) is 6.81. The van der Waals surface area contributed by atoms with Gasteiger partial charge in [0.15, 0.2) is 0 Å². The average Bonchev–Trinajstić information content (AvgIpc) is 2.34. The quantitative estimate of drug-likeness (QED) is 0.828. The van der Waals surface area contributed by atoms with Gasteiger partial charge in [0.2, 0.25) is 0 Å². The molecule has 0 bridgehead atoms. The van der Waals surface area contributed by atoms with Crippen molar-refractivity contribution in [3.63, 3.8) is 0 Å². The molecule has 0 saturated heterocycles. The largest absolute Gasteiger partial charge is 0.456 e. The predicted octanol–water partition coefficient (Wildman–Crippen LogP) is 3.52. The number of aliphatic hydroxyl groups is 1.